The second kappa shape index (κ2) is 15.6. The SMILES string of the molecule is Cc1nc2ccc3cc(OCc4ccc(B5OC(C)(C)C(C)(C)O5)cc4)ccc3c2s1.N#Cc1nc2ccc3cc(OCc4ccc(B(O)O)cc4)ccc3c2s1. The maximum absolute atomic E-state index is 9.12. The van der Waals surface area contributed by atoms with Crippen molar-refractivity contribution < 1.29 is 28.8 Å². The summed E-state index contributed by atoms with van der Waals surface area (Å²) in [6.07, 6.45) is 0. The average Bonchev–Trinajstić information content (AvgIpc) is 3.88. The highest BCUT2D eigenvalue weighted by molar-refractivity contribution is 7.20. The van der Waals surface area contributed by atoms with Gasteiger partial charge in [0.1, 0.15) is 30.8 Å². The van der Waals surface area contributed by atoms with Gasteiger partial charge in [0.2, 0.25) is 0 Å². The zero-order valence-corrected chi connectivity index (χ0v) is 33.8. The molecule has 0 atom stereocenters. The zero-order valence-electron chi connectivity index (χ0n) is 32.1. The van der Waals surface area contributed by atoms with E-state index in [4.69, 9.17) is 34.1 Å². The van der Waals surface area contributed by atoms with Gasteiger partial charge in [-0.1, -0.05) is 60.7 Å². The fourth-order valence-electron chi connectivity index (χ4n) is 6.59. The standard InChI is InChI=1S/C25H26BNO3S.C19H13BN2O3S/c1-16-27-22-13-8-18-14-20(11-12-21(18)23(22)31-16)28-15-17-6-9-19(10-7-17)26-29-24(2,3)25(4,5)30-26;21-10-18-22-17-8-3-13-9-15(6-7-16(13)19(17)26-18)25-11-12-1-4-14(5-2-12)20(23)24/h6-14H,15H2,1-5H3;1-9,23-24H,11H2. The Hall–Kier alpha value is -5.32. The third-order valence-corrected chi connectivity index (χ3v) is 12.5. The van der Waals surface area contributed by atoms with Crippen molar-refractivity contribution in [2.45, 2.75) is 59.0 Å². The number of nitriles is 1. The van der Waals surface area contributed by atoms with Crippen molar-refractivity contribution in [1.29, 1.82) is 5.26 Å². The van der Waals surface area contributed by atoms with Crippen LogP contribution in [-0.4, -0.2) is 45.5 Å². The largest absolute Gasteiger partial charge is 0.494 e. The fraction of sp³-hybridized carbons (Fsp3) is 0.205. The minimum absolute atomic E-state index is 0.334. The molecule has 2 N–H and O–H groups in total. The van der Waals surface area contributed by atoms with E-state index in [0.717, 1.165) is 59.6 Å². The first-order valence-electron chi connectivity index (χ1n) is 18.5. The van der Waals surface area contributed by atoms with Crippen molar-refractivity contribution in [3.8, 4) is 17.6 Å². The lowest BCUT2D eigenvalue weighted by Gasteiger charge is -2.32. The number of hydrogen-bond donors (Lipinski definition) is 2. The van der Waals surface area contributed by atoms with Gasteiger partial charge in [0.25, 0.3) is 0 Å². The number of fused-ring (bicyclic) bond motifs is 6. The topological polar surface area (TPSA) is 127 Å². The lowest BCUT2D eigenvalue weighted by Crippen LogP contribution is -2.41. The predicted molar refractivity (Wildman–Crippen MR) is 231 cm³/mol. The van der Waals surface area contributed by atoms with E-state index in [-0.39, 0.29) is 18.3 Å². The smallest absolute Gasteiger partial charge is 0.489 e. The molecule has 8 aromatic rings. The number of aryl methyl sites for hydroxylation is 1. The van der Waals surface area contributed by atoms with E-state index in [1.165, 1.54) is 26.8 Å². The van der Waals surface area contributed by atoms with Crippen LogP contribution in [0.15, 0.2) is 109 Å². The van der Waals surface area contributed by atoms with Gasteiger partial charge in [-0.05, 0) is 116 Å². The van der Waals surface area contributed by atoms with Crippen LogP contribution in [0.3, 0.4) is 0 Å². The van der Waals surface area contributed by atoms with Gasteiger partial charge < -0.3 is 28.8 Å². The highest BCUT2D eigenvalue weighted by Gasteiger charge is 2.51. The molecule has 3 heterocycles. The number of benzene rings is 6. The van der Waals surface area contributed by atoms with Crippen LogP contribution in [-0.2, 0) is 22.5 Å². The molecule has 57 heavy (non-hydrogen) atoms. The van der Waals surface area contributed by atoms with E-state index < -0.39 is 7.12 Å². The molecule has 1 fully saturated rings. The lowest BCUT2D eigenvalue weighted by molar-refractivity contribution is 0.00578. The van der Waals surface area contributed by atoms with Crippen LogP contribution < -0.4 is 20.4 Å². The van der Waals surface area contributed by atoms with Gasteiger partial charge in [-0.2, -0.15) is 5.26 Å². The van der Waals surface area contributed by atoms with Crippen molar-refractivity contribution in [3.05, 3.63) is 130 Å². The van der Waals surface area contributed by atoms with Crippen LogP contribution in [0, 0.1) is 18.3 Å². The first-order chi connectivity index (χ1) is 27.4. The summed E-state index contributed by atoms with van der Waals surface area (Å²) in [7, 11) is -1.80. The predicted octanol–water partition coefficient (Wildman–Crippen LogP) is 8.22. The van der Waals surface area contributed by atoms with Crippen LogP contribution >= 0.6 is 22.7 Å². The Bertz CT molecular complexity index is 2760. The van der Waals surface area contributed by atoms with Gasteiger partial charge in [-0.25, -0.2) is 9.97 Å². The van der Waals surface area contributed by atoms with Crippen molar-refractivity contribution in [3.63, 3.8) is 0 Å². The van der Waals surface area contributed by atoms with E-state index >= 15 is 0 Å². The molecular formula is C44H39B2N3O6S2. The second-order valence-electron chi connectivity index (χ2n) is 15.0. The number of aromatic nitrogens is 2. The normalized spacial score (nSPS) is 14.5. The first kappa shape index (κ1) is 38.5. The van der Waals surface area contributed by atoms with E-state index in [0.29, 0.717) is 23.7 Å². The molecule has 0 bridgehead atoms. The van der Waals surface area contributed by atoms with Crippen LogP contribution in [0.4, 0.5) is 0 Å². The maximum Gasteiger partial charge on any atom is 0.494 e. The number of hydrogen-bond acceptors (Lipinski definition) is 11. The van der Waals surface area contributed by atoms with E-state index in [9.17, 15) is 0 Å². The molecule has 1 aliphatic heterocycles. The lowest BCUT2D eigenvalue weighted by atomic mass is 9.79. The summed E-state index contributed by atoms with van der Waals surface area (Å²) < 4.78 is 26.4. The maximum atomic E-state index is 9.12. The minimum Gasteiger partial charge on any atom is -0.489 e. The number of ether oxygens (including phenoxy) is 2. The van der Waals surface area contributed by atoms with Crippen LogP contribution in [0.25, 0.3) is 42.0 Å². The van der Waals surface area contributed by atoms with Gasteiger partial charge in [-0.15, -0.1) is 22.7 Å². The summed E-state index contributed by atoms with van der Waals surface area (Å²) in [6.45, 7) is 11.2. The average molecular weight is 792 g/mol. The molecule has 0 spiro atoms. The summed E-state index contributed by atoms with van der Waals surface area (Å²) in [5, 5.41) is 33.3. The molecule has 9 rings (SSSR count). The Morgan fingerprint density at radius 2 is 1.19 bits per heavy atom. The van der Waals surface area contributed by atoms with E-state index in [1.54, 1.807) is 35.6 Å². The fourth-order valence-corrected chi connectivity index (χ4v) is 8.44. The molecule has 13 heteroatoms. The Labute approximate surface area is 339 Å². The summed E-state index contributed by atoms with van der Waals surface area (Å²) >= 11 is 3.13. The number of rotatable bonds is 8. The molecule has 1 aliphatic rings. The van der Waals surface area contributed by atoms with Crippen LogP contribution in [0.2, 0.25) is 0 Å². The molecule has 0 unspecified atom stereocenters. The summed E-state index contributed by atoms with van der Waals surface area (Å²) in [4.78, 5) is 8.87. The van der Waals surface area contributed by atoms with Crippen molar-refractivity contribution in [2.75, 3.05) is 0 Å². The molecule has 2 aromatic heterocycles. The molecule has 284 valence electrons. The molecule has 0 amide bonds. The monoisotopic (exact) mass is 791 g/mol. The number of nitrogens with zero attached hydrogens (tertiary/aromatic N) is 3. The Balaban J connectivity index is 0.000000162. The molecule has 9 nitrogen and oxygen atoms in total. The van der Waals surface area contributed by atoms with Crippen molar-refractivity contribution >= 4 is 89.8 Å². The van der Waals surface area contributed by atoms with E-state index in [1.807, 2.05) is 43.3 Å². The van der Waals surface area contributed by atoms with Gasteiger partial charge >= 0.3 is 14.2 Å². The molecule has 0 radical (unpaired) electrons. The minimum atomic E-state index is -1.46. The first-order valence-corrected chi connectivity index (χ1v) is 20.2. The zero-order chi connectivity index (χ0) is 39.9. The van der Waals surface area contributed by atoms with Gasteiger partial charge in [0.15, 0.2) is 5.01 Å². The Morgan fingerprint density at radius 1 is 0.684 bits per heavy atom. The Kier molecular flexibility index (Phi) is 10.5. The summed E-state index contributed by atoms with van der Waals surface area (Å²) in [5.74, 6) is 1.61. The summed E-state index contributed by atoms with van der Waals surface area (Å²) in [6, 6.07) is 37.5. The Morgan fingerprint density at radius 3 is 1.72 bits per heavy atom. The highest BCUT2D eigenvalue weighted by atomic mass is 32.1. The molecular weight excluding hydrogens is 752 g/mol. The van der Waals surface area contributed by atoms with E-state index in [2.05, 4.69) is 92.3 Å². The molecule has 1 saturated heterocycles. The third kappa shape index (κ3) is 8.11. The van der Waals surface area contributed by atoms with Crippen LogP contribution in [0.5, 0.6) is 11.5 Å². The molecule has 0 aliphatic carbocycles. The molecule has 6 aromatic carbocycles. The summed E-state index contributed by atoms with van der Waals surface area (Å²) in [5.41, 5.74) is 4.74. The third-order valence-electron chi connectivity index (χ3n) is 10.5. The molecule has 0 saturated carbocycles. The van der Waals surface area contributed by atoms with Crippen molar-refractivity contribution in [1.82, 2.24) is 9.97 Å². The highest BCUT2D eigenvalue weighted by Crippen LogP contribution is 2.37. The van der Waals surface area contributed by atoms with Crippen LogP contribution in [0.1, 0.15) is 48.8 Å². The second-order valence-corrected chi connectivity index (χ2v) is 17.2. The number of thiazole rings is 2. The van der Waals surface area contributed by atoms with Gasteiger partial charge in [0.05, 0.1) is 36.6 Å². The van der Waals surface area contributed by atoms with Crippen molar-refractivity contribution in [2.24, 2.45) is 0 Å². The van der Waals surface area contributed by atoms with Gasteiger partial charge in [0, 0.05) is 10.8 Å². The van der Waals surface area contributed by atoms with Gasteiger partial charge in [-0.3, -0.25) is 0 Å². The quantitative estimate of drug-likeness (QED) is 0.147.